The van der Waals surface area contributed by atoms with Crippen LogP contribution in [0.2, 0.25) is 0 Å². The predicted molar refractivity (Wildman–Crippen MR) is 96.2 cm³/mol. The molecule has 1 aromatic heterocycles. The molecule has 0 bridgehead atoms. The molecule has 0 spiro atoms. The second-order valence-corrected chi connectivity index (χ2v) is 5.69. The largest absolute Gasteiger partial charge is 0.455 e. The number of fused-ring (bicyclic) bond motifs is 1. The van der Waals surface area contributed by atoms with Gasteiger partial charge < -0.3 is 4.42 Å². The molecular weight excluding hydrogens is 310 g/mol. The van der Waals surface area contributed by atoms with Crippen molar-refractivity contribution in [2.24, 2.45) is 0 Å². The molecule has 0 amide bonds. The number of carbonyl (C=O) groups excluding carboxylic acids is 1. The maximum absolute atomic E-state index is 12.7. The minimum Gasteiger partial charge on any atom is -0.455 e. The highest BCUT2D eigenvalue weighted by Crippen LogP contribution is 2.33. The molecule has 0 N–H and O–H groups in total. The van der Waals surface area contributed by atoms with E-state index >= 15 is 0 Å². The van der Waals surface area contributed by atoms with Crippen molar-refractivity contribution in [2.45, 2.75) is 0 Å². The van der Waals surface area contributed by atoms with Crippen molar-refractivity contribution in [3.8, 4) is 17.4 Å². The number of rotatable bonds is 3. The van der Waals surface area contributed by atoms with Crippen LogP contribution in [0, 0.1) is 11.3 Å². The minimum atomic E-state index is -0.0751. The Morgan fingerprint density at radius 1 is 0.840 bits per heavy atom. The number of nitriles is 1. The van der Waals surface area contributed by atoms with Gasteiger partial charge in [0.05, 0.1) is 0 Å². The van der Waals surface area contributed by atoms with Crippen molar-refractivity contribution in [3.63, 3.8) is 0 Å². The average molecular weight is 323 g/mol. The SMILES string of the molecule is N#Cc1c(-c2ccccc2)oc2ccc(C(=O)c3ccccc3)cc12. The number of nitrogens with zero attached hydrogens (tertiary/aromatic N) is 1. The van der Waals surface area contributed by atoms with Gasteiger partial charge in [-0.2, -0.15) is 5.26 Å². The number of ketones is 1. The monoisotopic (exact) mass is 323 g/mol. The zero-order chi connectivity index (χ0) is 17.2. The van der Waals surface area contributed by atoms with Crippen LogP contribution < -0.4 is 0 Å². The molecule has 0 aliphatic rings. The fourth-order valence-electron chi connectivity index (χ4n) is 2.90. The van der Waals surface area contributed by atoms with E-state index in [0.717, 1.165) is 5.56 Å². The highest BCUT2D eigenvalue weighted by atomic mass is 16.3. The molecule has 0 unspecified atom stereocenters. The summed E-state index contributed by atoms with van der Waals surface area (Å²) in [5.74, 6) is 0.455. The van der Waals surface area contributed by atoms with E-state index in [-0.39, 0.29) is 5.78 Å². The van der Waals surface area contributed by atoms with Crippen molar-refractivity contribution < 1.29 is 9.21 Å². The zero-order valence-corrected chi connectivity index (χ0v) is 13.3. The summed E-state index contributed by atoms with van der Waals surface area (Å²) in [4.78, 5) is 12.7. The molecule has 3 nitrogen and oxygen atoms in total. The summed E-state index contributed by atoms with van der Waals surface area (Å²) < 4.78 is 5.88. The van der Waals surface area contributed by atoms with Crippen LogP contribution in [0.15, 0.2) is 83.3 Å². The predicted octanol–water partition coefficient (Wildman–Crippen LogP) is 5.20. The van der Waals surface area contributed by atoms with Crippen LogP contribution in [0.5, 0.6) is 0 Å². The molecule has 3 aromatic carbocycles. The first kappa shape index (κ1) is 14.9. The molecule has 0 saturated carbocycles. The van der Waals surface area contributed by atoms with Crippen molar-refractivity contribution in [3.05, 3.63) is 95.6 Å². The Labute approximate surface area is 144 Å². The van der Waals surface area contributed by atoms with Gasteiger partial charge in [-0.3, -0.25) is 4.79 Å². The molecule has 4 rings (SSSR count). The van der Waals surface area contributed by atoms with Crippen molar-refractivity contribution in [2.75, 3.05) is 0 Å². The van der Waals surface area contributed by atoms with Gasteiger partial charge in [0.25, 0.3) is 0 Å². The van der Waals surface area contributed by atoms with E-state index in [1.165, 1.54) is 0 Å². The van der Waals surface area contributed by atoms with E-state index in [1.54, 1.807) is 30.3 Å². The van der Waals surface area contributed by atoms with Crippen LogP contribution in [0.25, 0.3) is 22.3 Å². The number of hydrogen-bond acceptors (Lipinski definition) is 3. The lowest BCUT2D eigenvalue weighted by atomic mass is 10.00. The molecular formula is C22H13NO2. The fraction of sp³-hybridized carbons (Fsp3) is 0. The van der Waals surface area contributed by atoms with E-state index < -0.39 is 0 Å². The van der Waals surface area contributed by atoms with Gasteiger partial charge in [-0.05, 0) is 18.2 Å². The third-order valence-corrected chi connectivity index (χ3v) is 4.13. The standard InChI is InChI=1S/C22H13NO2/c23-14-19-18-13-17(21(24)15-7-3-1-4-8-15)11-12-20(18)25-22(19)16-9-5-2-6-10-16/h1-13H. The van der Waals surface area contributed by atoms with E-state index in [2.05, 4.69) is 6.07 Å². The normalized spacial score (nSPS) is 10.5. The smallest absolute Gasteiger partial charge is 0.193 e. The van der Waals surface area contributed by atoms with E-state index in [0.29, 0.717) is 33.4 Å². The third-order valence-electron chi connectivity index (χ3n) is 4.13. The number of furan rings is 1. The maximum atomic E-state index is 12.7. The van der Waals surface area contributed by atoms with Gasteiger partial charge in [-0.1, -0.05) is 60.7 Å². The van der Waals surface area contributed by atoms with Crippen LogP contribution >= 0.6 is 0 Å². The lowest BCUT2D eigenvalue weighted by Gasteiger charge is -2.01. The summed E-state index contributed by atoms with van der Waals surface area (Å²) >= 11 is 0. The topological polar surface area (TPSA) is 54.0 Å². The molecule has 4 aromatic rings. The molecule has 3 heteroatoms. The Hall–Kier alpha value is -3.64. The summed E-state index contributed by atoms with van der Waals surface area (Å²) in [5.41, 5.74) is 3.04. The Bertz CT molecular complexity index is 1100. The maximum Gasteiger partial charge on any atom is 0.193 e. The molecule has 118 valence electrons. The van der Waals surface area contributed by atoms with E-state index in [9.17, 15) is 10.1 Å². The zero-order valence-electron chi connectivity index (χ0n) is 13.3. The highest BCUT2D eigenvalue weighted by Gasteiger charge is 2.18. The summed E-state index contributed by atoms with van der Waals surface area (Å²) in [5, 5.41) is 10.3. The summed E-state index contributed by atoms with van der Waals surface area (Å²) in [6.07, 6.45) is 0. The first-order chi connectivity index (χ1) is 12.3. The van der Waals surface area contributed by atoms with E-state index in [4.69, 9.17) is 4.42 Å². The molecule has 0 radical (unpaired) electrons. The lowest BCUT2D eigenvalue weighted by Crippen LogP contribution is -2.00. The number of hydrogen-bond donors (Lipinski definition) is 0. The first-order valence-corrected chi connectivity index (χ1v) is 7.90. The summed E-state index contributed by atoms with van der Waals surface area (Å²) in [7, 11) is 0. The van der Waals surface area contributed by atoms with Gasteiger partial charge in [-0.25, -0.2) is 0 Å². The molecule has 1 heterocycles. The molecule has 0 aliphatic heterocycles. The van der Waals surface area contributed by atoms with Gasteiger partial charge in [0, 0.05) is 22.1 Å². The van der Waals surface area contributed by atoms with Crippen LogP contribution in [0.3, 0.4) is 0 Å². The minimum absolute atomic E-state index is 0.0751. The first-order valence-electron chi connectivity index (χ1n) is 7.90. The molecule has 0 saturated heterocycles. The summed E-state index contributed by atoms with van der Waals surface area (Å²) in [6, 6.07) is 26.0. The molecule has 0 aliphatic carbocycles. The second kappa shape index (κ2) is 6.10. The number of benzene rings is 3. The van der Waals surface area contributed by atoms with Crippen LogP contribution in [-0.4, -0.2) is 5.78 Å². The lowest BCUT2D eigenvalue weighted by molar-refractivity contribution is 0.103. The Kier molecular flexibility index (Phi) is 3.64. The van der Waals surface area contributed by atoms with Gasteiger partial charge >= 0.3 is 0 Å². The van der Waals surface area contributed by atoms with Crippen molar-refractivity contribution >= 4 is 16.8 Å². The molecule has 0 fully saturated rings. The van der Waals surface area contributed by atoms with Crippen LogP contribution in [0.1, 0.15) is 21.5 Å². The Morgan fingerprint density at radius 3 is 2.20 bits per heavy atom. The Morgan fingerprint density at radius 2 is 1.52 bits per heavy atom. The van der Waals surface area contributed by atoms with Crippen molar-refractivity contribution in [1.29, 1.82) is 5.26 Å². The quantitative estimate of drug-likeness (QED) is 0.487. The fourth-order valence-corrected chi connectivity index (χ4v) is 2.90. The average Bonchev–Trinajstić information content (AvgIpc) is 3.06. The van der Waals surface area contributed by atoms with Gasteiger partial charge in [-0.15, -0.1) is 0 Å². The second-order valence-electron chi connectivity index (χ2n) is 5.69. The van der Waals surface area contributed by atoms with Gasteiger partial charge in [0.15, 0.2) is 11.5 Å². The van der Waals surface area contributed by atoms with Crippen LogP contribution in [0.4, 0.5) is 0 Å². The number of carbonyl (C=O) groups is 1. The Balaban J connectivity index is 1.87. The van der Waals surface area contributed by atoms with Gasteiger partial charge in [0.1, 0.15) is 17.2 Å². The molecule has 25 heavy (non-hydrogen) atoms. The van der Waals surface area contributed by atoms with Crippen molar-refractivity contribution in [1.82, 2.24) is 0 Å². The molecule has 0 atom stereocenters. The van der Waals surface area contributed by atoms with Crippen LogP contribution in [-0.2, 0) is 0 Å². The third kappa shape index (κ3) is 2.60. The van der Waals surface area contributed by atoms with E-state index in [1.807, 2.05) is 48.5 Å². The highest BCUT2D eigenvalue weighted by molar-refractivity contribution is 6.11. The summed E-state index contributed by atoms with van der Waals surface area (Å²) in [6.45, 7) is 0. The van der Waals surface area contributed by atoms with Gasteiger partial charge in [0.2, 0.25) is 0 Å².